The summed E-state index contributed by atoms with van der Waals surface area (Å²) in [5.74, 6) is 0.807. The number of hydrogen-bond acceptors (Lipinski definition) is 4. The number of fused-ring (bicyclic) bond motifs is 5. The van der Waals surface area contributed by atoms with Gasteiger partial charge in [0, 0.05) is 22.7 Å². The van der Waals surface area contributed by atoms with Crippen molar-refractivity contribution in [2.75, 3.05) is 19.5 Å². The van der Waals surface area contributed by atoms with Crippen molar-refractivity contribution in [3.8, 4) is 16.5 Å². The van der Waals surface area contributed by atoms with Crippen molar-refractivity contribution in [3.05, 3.63) is 93.9 Å². The fourth-order valence-electron chi connectivity index (χ4n) is 5.51. The third kappa shape index (κ3) is 4.15. The Morgan fingerprint density at radius 1 is 1.03 bits per heavy atom. The highest BCUT2D eigenvalue weighted by Crippen LogP contribution is 2.44. The first-order valence-electron chi connectivity index (χ1n) is 12.4. The van der Waals surface area contributed by atoms with Crippen molar-refractivity contribution in [3.63, 3.8) is 0 Å². The van der Waals surface area contributed by atoms with E-state index in [2.05, 4.69) is 16.1 Å². The van der Waals surface area contributed by atoms with Crippen molar-refractivity contribution in [2.45, 2.75) is 38.3 Å². The fourth-order valence-corrected chi connectivity index (χ4v) is 6.92. The van der Waals surface area contributed by atoms with Gasteiger partial charge in [0.25, 0.3) is 0 Å². The van der Waals surface area contributed by atoms with E-state index in [0.717, 1.165) is 35.5 Å². The Balaban J connectivity index is 1.49. The van der Waals surface area contributed by atoms with Crippen molar-refractivity contribution in [2.24, 2.45) is 0 Å². The molecule has 1 aliphatic heterocycles. The van der Waals surface area contributed by atoms with Gasteiger partial charge in [-0.05, 0) is 73.2 Å². The predicted octanol–water partition coefficient (Wildman–Crippen LogP) is 6.71. The highest BCUT2D eigenvalue weighted by molar-refractivity contribution is 7.15. The smallest absolute Gasteiger partial charge is 0.323 e. The Kier molecular flexibility index (Phi) is 6.12. The first-order valence-corrected chi connectivity index (χ1v) is 13.2. The number of benzene rings is 2. The lowest BCUT2D eigenvalue weighted by Crippen LogP contribution is -2.38. The molecule has 8 heteroatoms. The van der Waals surface area contributed by atoms with Crippen LogP contribution in [0.4, 0.5) is 14.9 Å². The number of rotatable bonds is 4. The molecule has 190 valence electrons. The number of methoxy groups -OCH3 is 2. The molecule has 0 bridgehead atoms. The minimum atomic E-state index is -0.485. The van der Waals surface area contributed by atoms with Crippen LogP contribution in [0, 0.1) is 5.82 Å². The van der Waals surface area contributed by atoms with Gasteiger partial charge in [0.2, 0.25) is 0 Å². The quantitative estimate of drug-likeness (QED) is 0.327. The number of nitrogens with zero attached hydrogens (tertiary/aromatic N) is 2. The summed E-state index contributed by atoms with van der Waals surface area (Å²) in [6.45, 7) is 0.419. The zero-order valence-corrected chi connectivity index (χ0v) is 21.6. The lowest BCUT2D eigenvalue weighted by atomic mass is 9.95. The van der Waals surface area contributed by atoms with E-state index in [1.807, 2.05) is 34.4 Å². The van der Waals surface area contributed by atoms with Crippen LogP contribution in [-0.2, 0) is 19.4 Å². The number of hydrogen-bond donors (Lipinski definition) is 1. The van der Waals surface area contributed by atoms with Crippen LogP contribution in [0.15, 0.2) is 60.8 Å². The Morgan fingerprint density at radius 3 is 2.70 bits per heavy atom. The van der Waals surface area contributed by atoms with E-state index in [1.165, 1.54) is 34.6 Å². The molecule has 6 rings (SSSR count). The summed E-state index contributed by atoms with van der Waals surface area (Å²) in [4.78, 5) is 17.3. The van der Waals surface area contributed by atoms with Gasteiger partial charge in [0.05, 0.1) is 38.2 Å². The second-order valence-corrected chi connectivity index (χ2v) is 10.5. The van der Waals surface area contributed by atoms with E-state index in [1.54, 1.807) is 38.5 Å². The summed E-state index contributed by atoms with van der Waals surface area (Å²) in [6.07, 6.45) is 6.48. The number of urea groups is 1. The maximum atomic E-state index is 14.5. The third-order valence-electron chi connectivity index (χ3n) is 7.25. The van der Waals surface area contributed by atoms with Crippen LogP contribution in [0.3, 0.4) is 0 Å². The number of ether oxygens (including phenoxy) is 2. The van der Waals surface area contributed by atoms with E-state index in [-0.39, 0.29) is 11.8 Å². The van der Waals surface area contributed by atoms with Crippen molar-refractivity contribution in [1.82, 2.24) is 9.47 Å². The molecule has 2 amide bonds. The molecular weight excluding hydrogens is 489 g/mol. The number of aryl methyl sites for hydroxylation is 1. The normalized spacial score (nSPS) is 16.3. The molecule has 0 fully saturated rings. The third-order valence-corrected chi connectivity index (χ3v) is 8.59. The zero-order valence-electron chi connectivity index (χ0n) is 20.8. The summed E-state index contributed by atoms with van der Waals surface area (Å²) in [7, 11) is 3.15. The molecule has 6 nitrogen and oxygen atoms in total. The van der Waals surface area contributed by atoms with Crippen molar-refractivity contribution in [1.29, 1.82) is 0 Å². The minimum Gasteiger partial charge on any atom is -0.497 e. The molecule has 37 heavy (non-hydrogen) atoms. The minimum absolute atomic E-state index is 0.294. The molecule has 0 unspecified atom stereocenters. The largest absolute Gasteiger partial charge is 0.497 e. The average molecular weight is 518 g/mol. The molecule has 3 heterocycles. The first kappa shape index (κ1) is 23.6. The molecular formula is C29H28FN3O3S. The topological polar surface area (TPSA) is 55.7 Å². The second-order valence-electron chi connectivity index (χ2n) is 9.38. The van der Waals surface area contributed by atoms with Gasteiger partial charge in [-0.3, -0.25) is 0 Å². The van der Waals surface area contributed by atoms with Gasteiger partial charge >= 0.3 is 6.03 Å². The van der Waals surface area contributed by atoms with Crippen LogP contribution in [0.5, 0.6) is 11.5 Å². The maximum absolute atomic E-state index is 14.5. The molecule has 0 spiro atoms. The van der Waals surface area contributed by atoms with Crippen LogP contribution in [0.25, 0.3) is 5.00 Å². The lowest BCUT2D eigenvalue weighted by Gasteiger charge is -2.31. The highest BCUT2D eigenvalue weighted by atomic mass is 32.1. The number of anilines is 1. The highest BCUT2D eigenvalue weighted by Gasteiger charge is 2.36. The standard InChI is InChI=1S/C29H28FN3O3S/c1-35-20-12-13-25(36-2)23(16-20)31-29(34)33-17-22-21-9-3-4-11-26(21)37-28(22)32-14-6-10-24(32)27(33)18-7-5-8-19(30)15-18/h5-8,10,12-16,27H,3-4,9,11,17H2,1-2H3,(H,31,34)/t27-/m1/s1. The second kappa shape index (κ2) is 9.59. The maximum Gasteiger partial charge on any atom is 0.323 e. The number of amides is 2. The molecule has 1 N–H and O–H groups in total. The summed E-state index contributed by atoms with van der Waals surface area (Å²) < 4.78 is 27.5. The Morgan fingerprint density at radius 2 is 1.89 bits per heavy atom. The Bertz CT molecular complexity index is 1480. The molecule has 0 radical (unpaired) electrons. The van der Waals surface area contributed by atoms with Crippen LogP contribution in [0.1, 0.15) is 46.1 Å². The number of carbonyl (C=O) groups excluding carboxylic acids is 1. The summed E-state index contributed by atoms with van der Waals surface area (Å²) in [5, 5.41) is 4.21. The number of thiophene rings is 1. The number of aromatic nitrogens is 1. The van der Waals surface area contributed by atoms with Gasteiger partial charge < -0.3 is 24.3 Å². The molecule has 1 atom stereocenters. The van der Waals surface area contributed by atoms with Gasteiger partial charge in [-0.15, -0.1) is 11.3 Å². The summed E-state index contributed by atoms with van der Waals surface area (Å²) in [5.41, 5.74) is 4.70. The van der Waals surface area contributed by atoms with E-state index in [0.29, 0.717) is 23.7 Å². The predicted molar refractivity (Wildman–Crippen MR) is 143 cm³/mol. The van der Waals surface area contributed by atoms with E-state index in [9.17, 15) is 9.18 Å². The van der Waals surface area contributed by atoms with Crippen LogP contribution >= 0.6 is 11.3 Å². The Labute approximate surface area is 219 Å². The molecule has 1 aliphatic carbocycles. The number of nitrogens with one attached hydrogen (secondary N) is 1. The number of carbonyl (C=O) groups is 1. The molecule has 4 aromatic rings. The van der Waals surface area contributed by atoms with Gasteiger partial charge in [-0.2, -0.15) is 0 Å². The zero-order chi connectivity index (χ0) is 25.5. The Hall–Kier alpha value is -3.78. The van der Waals surface area contributed by atoms with Crippen molar-refractivity contribution >= 4 is 23.1 Å². The van der Waals surface area contributed by atoms with Gasteiger partial charge in [-0.25, -0.2) is 9.18 Å². The number of halogens is 1. The first-order chi connectivity index (χ1) is 18.1. The lowest BCUT2D eigenvalue weighted by molar-refractivity contribution is 0.194. The summed E-state index contributed by atoms with van der Waals surface area (Å²) >= 11 is 1.82. The summed E-state index contributed by atoms with van der Waals surface area (Å²) in [6, 6.07) is 15.1. The van der Waals surface area contributed by atoms with E-state index < -0.39 is 6.04 Å². The van der Waals surface area contributed by atoms with Crippen molar-refractivity contribution < 1.29 is 18.7 Å². The SMILES string of the molecule is COc1ccc(OC)c(NC(=O)N2Cc3c(sc4c3CCCC4)-n3cccc3[C@H]2c2cccc(F)c2)c1. The van der Waals surface area contributed by atoms with Crippen LogP contribution in [0.2, 0.25) is 0 Å². The van der Waals surface area contributed by atoms with Gasteiger partial charge in [0.15, 0.2) is 0 Å². The van der Waals surface area contributed by atoms with Crippen LogP contribution < -0.4 is 14.8 Å². The monoisotopic (exact) mass is 517 g/mol. The molecule has 0 saturated carbocycles. The average Bonchev–Trinajstić information content (AvgIpc) is 3.50. The van der Waals surface area contributed by atoms with Gasteiger partial charge in [-0.1, -0.05) is 12.1 Å². The molecule has 0 saturated heterocycles. The fraction of sp³-hybridized carbons (Fsp3) is 0.276. The molecule has 2 aliphatic rings. The van der Waals surface area contributed by atoms with Crippen LogP contribution in [-0.4, -0.2) is 29.7 Å². The van der Waals surface area contributed by atoms with Gasteiger partial charge in [0.1, 0.15) is 22.3 Å². The van der Waals surface area contributed by atoms with E-state index >= 15 is 0 Å². The molecule has 2 aromatic heterocycles. The van der Waals surface area contributed by atoms with E-state index in [4.69, 9.17) is 9.47 Å². The molecule has 2 aromatic carbocycles.